The van der Waals surface area contributed by atoms with E-state index in [-0.39, 0.29) is 30.9 Å². The zero-order valence-corrected chi connectivity index (χ0v) is 9.75. The van der Waals surface area contributed by atoms with Gasteiger partial charge in [-0.15, -0.1) is 24.8 Å². The van der Waals surface area contributed by atoms with Crippen molar-refractivity contribution < 1.29 is 5.11 Å². The second-order valence-corrected chi connectivity index (χ2v) is 3.40. The fraction of sp³-hybridized carbons (Fsp3) is 1.00. The highest BCUT2D eigenvalue weighted by molar-refractivity contribution is 5.85. The zero-order valence-electron chi connectivity index (χ0n) is 8.12. The minimum atomic E-state index is -0.234. The Hall–Kier alpha value is 0.460. The number of aliphatic hydroxyl groups is 1. The Morgan fingerprint density at radius 1 is 1.54 bits per heavy atom. The standard InChI is InChI=1S/C8H18N2O.2ClH/c1-6(11)5-10-8-3-4-9-7(8)2;;/h6-11H,3-5H2,1-2H3;2*1H/t6-,7-,8-;;/m0../s1. The number of halogens is 2. The van der Waals surface area contributed by atoms with E-state index in [2.05, 4.69) is 17.6 Å². The molecule has 1 aliphatic heterocycles. The summed E-state index contributed by atoms with van der Waals surface area (Å²) in [5.74, 6) is 0. The highest BCUT2D eigenvalue weighted by Crippen LogP contribution is 2.05. The lowest BCUT2D eigenvalue weighted by atomic mass is 10.1. The van der Waals surface area contributed by atoms with E-state index in [4.69, 9.17) is 5.11 Å². The zero-order chi connectivity index (χ0) is 8.27. The van der Waals surface area contributed by atoms with Crippen LogP contribution in [-0.2, 0) is 0 Å². The summed E-state index contributed by atoms with van der Waals surface area (Å²) in [6.07, 6.45) is 0.941. The molecule has 0 saturated carbocycles. The molecule has 0 aromatic carbocycles. The highest BCUT2D eigenvalue weighted by Gasteiger charge is 2.21. The molecule has 0 spiro atoms. The van der Waals surface area contributed by atoms with Crippen molar-refractivity contribution in [2.24, 2.45) is 0 Å². The van der Waals surface area contributed by atoms with Crippen LogP contribution < -0.4 is 10.6 Å². The van der Waals surface area contributed by atoms with Crippen LogP contribution in [0.5, 0.6) is 0 Å². The van der Waals surface area contributed by atoms with Gasteiger partial charge in [0, 0.05) is 18.6 Å². The Morgan fingerprint density at radius 3 is 2.54 bits per heavy atom. The molecular weight excluding hydrogens is 211 g/mol. The molecule has 1 aliphatic rings. The maximum Gasteiger partial charge on any atom is 0.0636 e. The summed E-state index contributed by atoms with van der Waals surface area (Å²) in [5.41, 5.74) is 0. The average molecular weight is 231 g/mol. The molecule has 3 atom stereocenters. The van der Waals surface area contributed by atoms with E-state index in [9.17, 15) is 0 Å². The molecule has 1 fully saturated rings. The normalized spacial score (nSPS) is 28.8. The number of nitrogens with one attached hydrogen (secondary N) is 2. The maximum absolute atomic E-state index is 9.02. The van der Waals surface area contributed by atoms with Crippen LogP contribution in [0.2, 0.25) is 0 Å². The summed E-state index contributed by atoms with van der Waals surface area (Å²) < 4.78 is 0. The van der Waals surface area contributed by atoms with Gasteiger partial charge in [0.15, 0.2) is 0 Å². The van der Waals surface area contributed by atoms with Crippen molar-refractivity contribution in [2.45, 2.75) is 38.5 Å². The van der Waals surface area contributed by atoms with Crippen molar-refractivity contribution >= 4 is 24.8 Å². The van der Waals surface area contributed by atoms with Crippen molar-refractivity contribution in [2.75, 3.05) is 13.1 Å². The average Bonchev–Trinajstić information content (AvgIpc) is 2.31. The van der Waals surface area contributed by atoms with Gasteiger partial charge in [0.1, 0.15) is 0 Å². The van der Waals surface area contributed by atoms with Crippen LogP contribution in [0, 0.1) is 0 Å². The summed E-state index contributed by atoms with van der Waals surface area (Å²) in [6.45, 7) is 5.78. The van der Waals surface area contributed by atoms with Crippen LogP contribution in [-0.4, -0.2) is 36.4 Å². The number of rotatable bonds is 3. The molecule has 5 heteroatoms. The molecule has 0 aromatic rings. The molecule has 1 rings (SSSR count). The summed E-state index contributed by atoms with van der Waals surface area (Å²) >= 11 is 0. The monoisotopic (exact) mass is 230 g/mol. The number of hydrogen-bond donors (Lipinski definition) is 3. The van der Waals surface area contributed by atoms with Gasteiger partial charge in [0.2, 0.25) is 0 Å². The molecule has 0 amide bonds. The molecule has 0 aromatic heterocycles. The summed E-state index contributed by atoms with van der Waals surface area (Å²) in [7, 11) is 0. The minimum absolute atomic E-state index is 0. The second-order valence-electron chi connectivity index (χ2n) is 3.40. The molecule has 0 aliphatic carbocycles. The third-order valence-corrected chi connectivity index (χ3v) is 2.20. The Labute approximate surface area is 92.5 Å². The third kappa shape index (κ3) is 5.70. The Kier molecular flexibility index (Phi) is 9.58. The second kappa shape index (κ2) is 7.83. The van der Waals surface area contributed by atoms with Gasteiger partial charge in [0.05, 0.1) is 6.10 Å². The SMILES string of the molecule is C[C@H](O)CN[C@H]1CCN[C@H]1C.Cl.Cl. The molecule has 1 heterocycles. The molecule has 0 bridgehead atoms. The van der Waals surface area contributed by atoms with E-state index in [1.807, 2.05) is 0 Å². The van der Waals surface area contributed by atoms with E-state index < -0.39 is 0 Å². The van der Waals surface area contributed by atoms with Crippen LogP contribution in [0.1, 0.15) is 20.3 Å². The Bertz CT molecular complexity index is 125. The first kappa shape index (κ1) is 15.9. The van der Waals surface area contributed by atoms with E-state index in [1.165, 1.54) is 6.42 Å². The fourth-order valence-corrected chi connectivity index (χ4v) is 1.46. The van der Waals surface area contributed by atoms with Crippen molar-refractivity contribution in [3.63, 3.8) is 0 Å². The summed E-state index contributed by atoms with van der Waals surface area (Å²) in [5, 5.41) is 15.7. The minimum Gasteiger partial charge on any atom is -0.392 e. The van der Waals surface area contributed by atoms with Crippen LogP contribution in [0.3, 0.4) is 0 Å². The Morgan fingerprint density at radius 2 is 2.15 bits per heavy atom. The third-order valence-electron chi connectivity index (χ3n) is 2.20. The molecule has 1 saturated heterocycles. The van der Waals surface area contributed by atoms with Gasteiger partial charge < -0.3 is 15.7 Å². The first-order chi connectivity index (χ1) is 5.20. The van der Waals surface area contributed by atoms with E-state index in [1.54, 1.807) is 6.92 Å². The quantitative estimate of drug-likeness (QED) is 0.664. The fourth-order valence-electron chi connectivity index (χ4n) is 1.46. The van der Waals surface area contributed by atoms with Gasteiger partial charge in [-0.05, 0) is 26.8 Å². The lowest BCUT2D eigenvalue weighted by molar-refractivity contribution is 0.185. The predicted octanol–water partition coefficient (Wildman–Crippen LogP) is 0.551. The highest BCUT2D eigenvalue weighted by atomic mass is 35.5. The number of aliphatic hydroxyl groups excluding tert-OH is 1. The van der Waals surface area contributed by atoms with Gasteiger partial charge in [-0.3, -0.25) is 0 Å². The summed E-state index contributed by atoms with van der Waals surface area (Å²) in [6, 6.07) is 1.10. The van der Waals surface area contributed by atoms with E-state index >= 15 is 0 Å². The lowest BCUT2D eigenvalue weighted by Gasteiger charge is -2.17. The first-order valence-electron chi connectivity index (χ1n) is 4.35. The summed E-state index contributed by atoms with van der Waals surface area (Å²) in [4.78, 5) is 0. The molecule has 0 unspecified atom stereocenters. The van der Waals surface area contributed by atoms with Crippen LogP contribution in [0.4, 0.5) is 0 Å². The predicted molar refractivity (Wildman–Crippen MR) is 60.0 cm³/mol. The maximum atomic E-state index is 9.02. The van der Waals surface area contributed by atoms with E-state index in [0.717, 1.165) is 6.54 Å². The van der Waals surface area contributed by atoms with Crippen molar-refractivity contribution in [3.05, 3.63) is 0 Å². The number of hydrogen-bond acceptors (Lipinski definition) is 3. The van der Waals surface area contributed by atoms with Crippen molar-refractivity contribution in [1.29, 1.82) is 0 Å². The topological polar surface area (TPSA) is 44.3 Å². The Balaban J connectivity index is 0. The molecule has 3 nitrogen and oxygen atoms in total. The smallest absolute Gasteiger partial charge is 0.0636 e. The van der Waals surface area contributed by atoms with Crippen LogP contribution >= 0.6 is 24.8 Å². The molecule has 13 heavy (non-hydrogen) atoms. The van der Waals surface area contributed by atoms with Crippen LogP contribution in [0.15, 0.2) is 0 Å². The van der Waals surface area contributed by atoms with Crippen LogP contribution in [0.25, 0.3) is 0 Å². The van der Waals surface area contributed by atoms with Gasteiger partial charge in [0.25, 0.3) is 0 Å². The van der Waals surface area contributed by atoms with Crippen molar-refractivity contribution in [3.8, 4) is 0 Å². The van der Waals surface area contributed by atoms with Crippen molar-refractivity contribution in [1.82, 2.24) is 10.6 Å². The lowest BCUT2D eigenvalue weighted by Crippen LogP contribution is -2.41. The molecule has 82 valence electrons. The molecular formula is C8H20Cl2N2O. The molecule has 3 N–H and O–H groups in total. The largest absolute Gasteiger partial charge is 0.392 e. The van der Waals surface area contributed by atoms with Gasteiger partial charge in [-0.2, -0.15) is 0 Å². The molecule has 0 radical (unpaired) electrons. The van der Waals surface area contributed by atoms with Gasteiger partial charge in [-0.1, -0.05) is 0 Å². The first-order valence-corrected chi connectivity index (χ1v) is 4.35. The van der Waals surface area contributed by atoms with Gasteiger partial charge in [-0.25, -0.2) is 0 Å². The van der Waals surface area contributed by atoms with Gasteiger partial charge >= 0.3 is 0 Å². The van der Waals surface area contributed by atoms with E-state index in [0.29, 0.717) is 18.6 Å².